The van der Waals surface area contributed by atoms with Crippen LogP contribution in [0, 0.1) is 0 Å². The molecule has 5 atom stereocenters. The van der Waals surface area contributed by atoms with Crippen molar-refractivity contribution in [3.05, 3.63) is 54.6 Å². The molecule has 0 amide bonds. The van der Waals surface area contributed by atoms with Crippen molar-refractivity contribution in [1.29, 1.82) is 0 Å². The Morgan fingerprint density at radius 2 is 1.39 bits per heavy atom. The Hall–Kier alpha value is -2.48. The lowest BCUT2D eigenvalue weighted by molar-refractivity contribution is -0.277. The SMILES string of the molecule is OC[C@H]1OC(Oc2ccc3ccc4cccc5ccc2c3c45)[C@H](O)[C@@H](O)[C@@H]1O. The molecule has 4 aromatic carbocycles. The Bertz CT molecular complexity index is 1120. The van der Waals surface area contributed by atoms with Crippen molar-refractivity contribution < 1.29 is 29.9 Å². The quantitative estimate of drug-likeness (QED) is 0.404. The van der Waals surface area contributed by atoms with Gasteiger partial charge >= 0.3 is 0 Å². The Balaban J connectivity index is 1.61. The molecule has 6 heteroatoms. The average molecular weight is 380 g/mol. The van der Waals surface area contributed by atoms with Gasteiger partial charge in [0.15, 0.2) is 0 Å². The van der Waals surface area contributed by atoms with Crippen molar-refractivity contribution in [3.63, 3.8) is 0 Å². The van der Waals surface area contributed by atoms with E-state index in [0.717, 1.165) is 32.3 Å². The van der Waals surface area contributed by atoms with Crippen molar-refractivity contribution in [2.24, 2.45) is 0 Å². The number of hydrogen-bond donors (Lipinski definition) is 4. The second-order valence-electron chi connectivity index (χ2n) is 7.23. The molecule has 144 valence electrons. The summed E-state index contributed by atoms with van der Waals surface area (Å²) in [5.41, 5.74) is 0. The van der Waals surface area contributed by atoms with Crippen molar-refractivity contribution in [2.75, 3.05) is 6.61 Å². The zero-order valence-corrected chi connectivity index (χ0v) is 14.9. The van der Waals surface area contributed by atoms with Crippen LogP contribution in [0.5, 0.6) is 5.75 Å². The number of benzene rings is 4. The number of aliphatic hydroxyl groups excluding tert-OH is 4. The molecule has 4 aromatic rings. The predicted octanol–water partition coefficient (Wildman–Crippen LogP) is 1.76. The van der Waals surface area contributed by atoms with Crippen LogP contribution >= 0.6 is 0 Å². The van der Waals surface area contributed by atoms with Gasteiger partial charge in [-0.3, -0.25) is 0 Å². The van der Waals surface area contributed by atoms with E-state index >= 15 is 0 Å². The van der Waals surface area contributed by atoms with Crippen LogP contribution in [-0.4, -0.2) is 57.7 Å². The summed E-state index contributed by atoms with van der Waals surface area (Å²) in [7, 11) is 0. The van der Waals surface area contributed by atoms with Crippen molar-refractivity contribution in [3.8, 4) is 5.75 Å². The molecule has 1 aliphatic rings. The lowest BCUT2D eigenvalue weighted by Gasteiger charge is -2.39. The summed E-state index contributed by atoms with van der Waals surface area (Å²) in [4.78, 5) is 0. The molecule has 0 aromatic heterocycles. The molecule has 28 heavy (non-hydrogen) atoms. The number of aliphatic hydroxyl groups is 4. The molecule has 1 saturated heterocycles. The second-order valence-corrected chi connectivity index (χ2v) is 7.23. The topological polar surface area (TPSA) is 99.4 Å². The molecule has 6 nitrogen and oxygen atoms in total. The third-order valence-corrected chi connectivity index (χ3v) is 5.58. The first-order valence-electron chi connectivity index (χ1n) is 9.22. The van der Waals surface area contributed by atoms with E-state index in [1.807, 2.05) is 24.3 Å². The zero-order chi connectivity index (χ0) is 19.4. The number of hydrogen-bond acceptors (Lipinski definition) is 6. The Morgan fingerprint density at radius 3 is 2.11 bits per heavy atom. The number of rotatable bonds is 3. The van der Waals surface area contributed by atoms with Crippen LogP contribution in [0.25, 0.3) is 32.3 Å². The molecule has 1 unspecified atom stereocenters. The highest BCUT2D eigenvalue weighted by molar-refractivity contribution is 6.24. The van der Waals surface area contributed by atoms with Gasteiger partial charge in [0.25, 0.3) is 0 Å². The Labute approximate surface area is 160 Å². The largest absolute Gasteiger partial charge is 0.461 e. The molecule has 0 bridgehead atoms. The van der Waals surface area contributed by atoms with Crippen LogP contribution < -0.4 is 4.74 Å². The fraction of sp³-hybridized carbons (Fsp3) is 0.273. The van der Waals surface area contributed by atoms with Gasteiger partial charge in [-0.25, -0.2) is 0 Å². The van der Waals surface area contributed by atoms with Gasteiger partial charge in [-0.1, -0.05) is 42.5 Å². The minimum absolute atomic E-state index is 0.495. The van der Waals surface area contributed by atoms with Gasteiger partial charge in [0.2, 0.25) is 6.29 Å². The lowest BCUT2D eigenvalue weighted by Crippen LogP contribution is -2.60. The first-order chi connectivity index (χ1) is 13.6. The van der Waals surface area contributed by atoms with Gasteiger partial charge in [0.05, 0.1) is 6.61 Å². The van der Waals surface area contributed by atoms with Crippen LogP contribution in [0.3, 0.4) is 0 Å². The first-order valence-corrected chi connectivity index (χ1v) is 9.22. The van der Waals surface area contributed by atoms with Gasteiger partial charge in [0.1, 0.15) is 30.2 Å². The van der Waals surface area contributed by atoms with Gasteiger partial charge in [-0.05, 0) is 33.7 Å². The van der Waals surface area contributed by atoms with Crippen molar-refractivity contribution in [1.82, 2.24) is 0 Å². The summed E-state index contributed by atoms with van der Waals surface area (Å²) < 4.78 is 11.4. The van der Waals surface area contributed by atoms with E-state index in [-0.39, 0.29) is 0 Å². The maximum atomic E-state index is 10.3. The molecule has 4 N–H and O–H groups in total. The summed E-state index contributed by atoms with van der Waals surface area (Å²) >= 11 is 0. The Morgan fingerprint density at radius 1 is 0.750 bits per heavy atom. The van der Waals surface area contributed by atoms with E-state index < -0.39 is 37.3 Å². The highest BCUT2D eigenvalue weighted by Gasteiger charge is 2.44. The molecular weight excluding hydrogens is 360 g/mol. The van der Waals surface area contributed by atoms with Crippen molar-refractivity contribution >= 4 is 32.3 Å². The molecule has 0 saturated carbocycles. The molecule has 1 heterocycles. The van der Waals surface area contributed by atoms with Crippen LogP contribution in [0.4, 0.5) is 0 Å². The molecular formula is C22H20O6. The van der Waals surface area contributed by atoms with Crippen LogP contribution in [0.15, 0.2) is 54.6 Å². The normalized spacial score (nSPS) is 28.4. The van der Waals surface area contributed by atoms with Gasteiger partial charge < -0.3 is 29.9 Å². The fourth-order valence-corrected chi connectivity index (χ4v) is 4.10. The minimum atomic E-state index is -1.48. The van der Waals surface area contributed by atoms with E-state index in [4.69, 9.17) is 9.47 Å². The third kappa shape index (κ3) is 2.54. The van der Waals surface area contributed by atoms with Crippen LogP contribution in [0.2, 0.25) is 0 Å². The van der Waals surface area contributed by atoms with Crippen molar-refractivity contribution in [2.45, 2.75) is 30.7 Å². The third-order valence-electron chi connectivity index (χ3n) is 5.58. The molecule has 0 radical (unpaired) electrons. The molecule has 1 fully saturated rings. The molecule has 0 spiro atoms. The van der Waals surface area contributed by atoms with E-state index in [0.29, 0.717) is 5.75 Å². The van der Waals surface area contributed by atoms with Gasteiger partial charge in [0, 0.05) is 10.8 Å². The highest BCUT2D eigenvalue weighted by Crippen LogP contribution is 2.39. The molecule has 1 aliphatic heterocycles. The van der Waals surface area contributed by atoms with E-state index in [2.05, 4.69) is 24.3 Å². The first kappa shape index (κ1) is 17.6. The van der Waals surface area contributed by atoms with E-state index in [9.17, 15) is 20.4 Å². The summed E-state index contributed by atoms with van der Waals surface area (Å²) in [6, 6.07) is 18.0. The second kappa shape index (κ2) is 6.55. The highest BCUT2D eigenvalue weighted by atomic mass is 16.7. The molecule has 5 rings (SSSR count). The monoisotopic (exact) mass is 380 g/mol. The van der Waals surface area contributed by atoms with Crippen LogP contribution in [0.1, 0.15) is 0 Å². The summed E-state index contributed by atoms with van der Waals surface area (Å²) in [5, 5.41) is 46.0. The average Bonchev–Trinajstić information content (AvgIpc) is 2.73. The van der Waals surface area contributed by atoms with Gasteiger partial charge in [-0.2, -0.15) is 0 Å². The maximum absolute atomic E-state index is 10.3. The van der Waals surface area contributed by atoms with E-state index in [1.165, 1.54) is 0 Å². The number of ether oxygens (including phenoxy) is 2. The summed E-state index contributed by atoms with van der Waals surface area (Å²) in [6.07, 6.45) is -6.56. The Kier molecular flexibility index (Phi) is 4.12. The summed E-state index contributed by atoms with van der Waals surface area (Å²) in [6.45, 7) is -0.497. The minimum Gasteiger partial charge on any atom is -0.461 e. The fourth-order valence-electron chi connectivity index (χ4n) is 4.10. The smallest absolute Gasteiger partial charge is 0.229 e. The molecule has 0 aliphatic carbocycles. The van der Waals surface area contributed by atoms with E-state index in [1.54, 1.807) is 6.07 Å². The standard InChI is InChI=1S/C22H20O6/c23-10-16-19(24)20(25)21(26)22(28-16)27-15-9-7-13-5-4-11-2-1-3-12-6-8-14(15)18(13)17(11)12/h1-9,16,19-26H,10H2/t16-,19-,20+,21-,22?/m1/s1. The predicted molar refractivity (Wildman–Crippen MR) is 105 cm³/mol. The van der Waals surface area contributed by atoms with Crippen LogP contribution in [-0.2, 0) is 4.74 Å². The summed E-state index contributed by atoms with van der Waals surface area (Å²) in [5.74, 6) is 0.495. The van der Waals surface area contributed by atoms with Gasteiger partial charge in [-0.15, -0.1) is 0 Å². The zero-order valence-electron chi connectivity index (χ0n) is 14.9. The lowest BCUT2D eigenvalue weighted by atomic mass is 9.94. The maximum Gasteiger partial charge on any atom is 0.229 e.